The first-order valence-corrected chi connectivity index (χ1v) is 14.6. The van der Waals surface area contributed by atoms with E-state index in [0.717, 1.165) is 0 Å². The van der Waals surface area contributed by atoms with Crippen molar-refractivity contribution in [2.24, 2.45) is 23.5 Å². The van der Waals surface area contributed by atoms with Crippen LogP contribution in [0.5, 0.6) is 5.75 Å². The Morgan fingerprint density at radius 3 is 1.90 bits per heavy atom. The maximum absolute atomic E-state index is 13.6. The van der Waals surface area contributed by atoms with Gasteiger partial charge in [0.05, 0.1) is 6.04 Å². The highest BCUT2D eigenvalue weighted by molar-refractivity contribution is 5.95. The van der Waals surface area contributed by atoms with Crippen LogP contribution in [0.1, 0.15) is 66.4 Å². The van der Waals surface area contributed by atoms with Crippen LogP contribution in [-0.2, 0) is 30.4 Å². The average molecular weight is 590 g/mol. The molecule has 1 fully saturated rings. The van der Waals surface area contributed by atoms with Crippen molar-refractivity contribution in [3.05, 3.63) is 29.8 Å². The third-order valence-corrected chi connectivity index (χ3v) is 7.37. The molecule has 1 aliphatic rings. The number of aliphatic carboxylic acids is 1. The normalized spacial score (nSPS) is 18.0. The number of hydrogen-bond donors (Lipinski definition) is 6. The van der Waals surface area contributed by atoms with Crippen molar-refractivity contribution < 1.29 is 34.2 Å². The van der Waals surface area contributed by atoms with E-state index in [1.807, 2.05) is 13.8 Å². The number of carbonyl (C=O) groups excluding carboxylic acids is 4. The Morgan fingerprint density at radius 2 is 1.40 bits per heavy atom. The zero-order valence-electron chi connectivity index (χ0n) is 25.4. The van der Waals surface area contributed by atoms with Gasteiger partial charge in [0.15, 0.2) is 0 Å². The lowest BCUT2D eigenvalue weighted by Crippen LogP contribution is -2.60. The minimum atomic E-state index is -1.12. The molecule has 1 heterocycles. The number of benzene rings is 1. The number of nitrogens with zero attached hydrogens (tertiary/aromatic N) is 1. The number of carbonyl (C=O) groups is 5. The Labute approximate surface area is 247 Å². The predicted molar refractivity (Wildman–Crippen MR) is 157 cm³/mol. The number of phenols is 1. The number of likely N-dealkylation sites (tertiary alicyclic amines) is 1. The number of carboxylic acids is 1. The molecular weight excluding hydrogens is 542 g/mol. The molecule has 1 aliphatic heterocycles. The lowest BCUT2D eigenvalue weighted by molar-refractivity contribution is -0.149. The Bertz CT molecular complexity index is 1110. The van der Waals surface area contributed by atoms with Crippen molar-refractivity contribution >= 4 is 29.6 Å². The third-order valence-electron chi connectivity index (χ3n) is 7.37. The fraction of sp³-hybridized carbons (Fsp3) is 0.633. The summed E-state index contributed by atoms with van der Waals surface area (Å²) in [5, 5.41) is 27.5. The Morgan fingerprint density at radius 1 is 0.881 bits per heavy atom. The molecule has 12 nitrogen and oxygen atoms in total. The van der Waals surface area contributed by atoms with E-state index < -0.39 is 59.8 Å². The molecule has 12 heteroatoms. The van der Waals surface area contributed by atoms with Crippen LogP contribution in [0.15, 0.2) is 24.3 Å². The zero-order valence-corrected chi connectivity index (χ0v) is 25.4. The SMILES string of the molecule is CC(C)CC(N)C(=O)NC(C(=O)NC(C(=O)NC(Cc1ccc(O)cc1)C(=O)N1CCCC1C(=O)O)C(C)C)C(C)C. The van der Waals surface area contributed by atoms with Gasteiger partial charge in [0.2, 0.25) is 23.6 Å². The second-order valence-electron chi connectivity index (χ2n) is 12.2. The van der Waals surface area contributed by atoms with Gasteiger partial charge in [-0.2, -0.15) is 0 Å². The summed E-state index contributed by atoms with van der Waals surface area (Å²) < 4.78 is 0. The summed E-state index contributed by atoms with van der Waals surface area (Å²) in [6.07, 6.45) is 1.33. The first kappa shape index (κ1) is 34.5. The first-order chi connectivity index (χ1) is 19.6. The van der Waals surface area contributed by atoms with Crippen molar-refractivity contribution in [2.45, 2.75) is 97.4 Å². The predicted octanol–water partition coefficient (Wildman–Crippen LogP) is 1.15. The maximum atomic E-state index is 13.6. The number of hydrogen-bond acceptors (Lipinski definition) is 7. The van der Waals surface area contributed by atoms with E-state index in [1.54, 1.807) is 39.8 Å². The van der Waals surface area contributed by atoms with Gasteiger partial charge in [0.25, 0.3) is 0 Å². The topological polar surface area (TPSA) is 191 Å². The van der Waals surface area contributed by atoms with Gasteiger partial charge >= 0.3 is 5.97 Å². The quantitative estimate of drug-likeness (QED) is 0.186. The second-order valence-corrected chi connectivity index (χ2v) is 12.2. The van der Waals surface area contributed by atoms with Gasteiger partial charge in [0.1, 0.15) is 29.9 Å². The molecular formula is C30H47N5O7. The molecule has 5 unspecified atom stereocenters. The summed E-state index contributed by atoms with van der Waals surface area (Å²) in [5.74, 6) is -3.75. The van der Waals surface area contributed by atoms with Gasteiger partial charge in [0, 0.05) is 13.0 Å². The van der Waals surface area contributed by atoms with Crippen molar-refractivity contribution in [3.63, 3.8) is 0 Å². The van der Waals surface area contributed by atoms with Crippen LogP contribution in [-0.4, -0.2) is 81.5 Å². The molecule has 234 valence electrons. The summed E-state index contributed by atoms with van der Waals surface area (Å²) in [6, 6.07) is 1.26. The van der Waals surface area contributed by atoms with Crippen molar-refractivity contribution in [1.82, 2.24) is 20.9 Å². The lowest BCUT2D eigenvalue weighted by atomic mass is 9.97. The third kappa shape index (κ3) is 9.71. The Hall–Kier alpha value is -3.67. The molecule has 2 rings (SSSR count). The van der Waals surface area contributed by atoms with Crippen molar-refractivity contribution in [1.29, 1.82) is 0 Å². The smallest absolute Gasteiger partial charge is 0.326 e. The molecule has 0 aliphatic carbocycles. The summed E-state index contributed by atoms with van der Waals surface area (Å²) in [4.78, 5) is 66.2. The van der Waals surface area contributed by atoms with Gasteiger partial charge in [-0.25, -0.2) is 4.79 Å². The summed E-state index contributed by atoms with van der Waals surface area (Å²) in [5.41, 5.74) is 6.65. The second kappa shape index (κ2) is 15.5. The van der Waals surface area contributed by atoms with Crippen molar-refractivity contribution in [3.8, 4) is 5.75 Å². The van der Waals surface area contributed by atoms with E-state index in [4.69, 9.17) is 5.73 Å². The van der Waals surface area contributed by atoms with Gasteiger partial charge in [-0.1, -0.05) is 53.7 Å². The fourth-order valence-corrected chi connectivity index (χ4v) is 5.00. The molecule has 42 heavy (non-hydrogen) atoms. The summed E-state index contributed by atoms with van der Waals surface area (Å²) in [7, 11) is 0. The highest BCUT2D eigenvalue weighted by Crippen LogP contribution is 2.21. The number of phenolic OH excluding ortho intramolecular Hbond substituents is 1. The van der Waals surface area contributed by atoms with Gasteiger partial charge in [-0.05, 0) is 54.7 Å². The Kier molecular flexibility index (Phi) is 12.8. The minimum absolute atomic E-state index is 0.0377. The minimum Gasteiger partial charge on any atom is -0.508 e. The number of carboxylic acid groups (broad SMARTS) is 1. The van der Waals surface area contributed by atoms with Crippen LogP contribution in [0.3, 0.4) is 0 Å². The molecule has 0 aromatic heterocycles. The van der Waals surface area contributed by atoms with Crippen LogP contribution >= 0.6 is 0 Å². The standard InChI is InChI=1S/C30H47N5O7/c1-16(2)14-21(31)26(37)33-25(18(5)6)28(39)34-24(17(3)4)27(38)32-22(15-19-9-11-20(36)12-10-19)29(40)35-13-7-8-23(35)30(41)42/h9-12,16-18,21-25,36H,7-8,13-15,31H2,1-6H3,(H,32,38)(H,33,37)(H,34,39)(H,41,42). The summed E-state index contributed by atoms with van der Waals surface area (Å²) in [6.45, 7) is 11.1. The number of nitrogens with one attached hydrogen (secondary N) is 3. The van der Waals surface area contributed by atoms with Gasteiger partial charge in [-0.15, -0.1) is 0 Å². The lowest BCUT2D eigenvalue weighted by Gasteiger charge is -2.31. The highest BCUT2D eigenvalue weighted by Gasteiger charge is 2.39. The molecule has 4 amide bonds. The maximum Gasteiger partial charge on any atom is 0.326 e. The Balaban J connectivity index is 2.26. The van der Waals surface area contributed by atoms with Crippen molar-refractivity contribution in [2.75, 3.05) is 6.54 Å². The average Bonchev–Trinajstić information content (AvgIpc) is 3.40. The number of nitrogens with two attached hydrogens (primary N) is 1. The highest BCUT2D eigenvalue weighted by atomic mass is 16.4. The van der Waals surface area contributed by atoms with Gasteiger partial charge in [-0.3, -0.25) is 19.2 Å². The zero-order chi connectivity index (χ0) is 31.7. The molecule has 7 N–H and O–H groups in total. The van der Waals surface area contributed by atoms with Crippen LogP contribution < -0.4 is 21.7 Å². The fourth-order valence-electron chi connectivity index (χ4n) is 5.00. The molecule has 0 spiro atoms. The monoisotopic (exact) mass is 589 g/mol. The van der Waals surface area contributed by atoms with E-state index >= 15 is 0 Å². The number of rotatable bonds is 14. The van der Waals surface area contributed by atoms with Crippen LogP contribution in [0.2, 0.25) is 0 Å². The van der Waals surface area contributed by atoms with Crippen LogP contribution in [0, 0.1) is 17.8 Å². The van der Waals surface area contributed by atoms with Crippen LogP contribution in [0.25, 0.3) is 0 Å². The van der Waals surface area contributed by atoms with Gasteiger partial charge < -0.3 is 36.8 Å². The number of amides is 4. The van der Waals surface area contributed by atoms with E-state index in [1.165, 1.54) is 17.0 Å². The molecule has 0 bridgehead atoms. The summed E-state index contributed by atoms with van der Waals surface area (Å²) >= 11 is 0. The molecule has 5 atom stereocenters. The van der Waals surface area contributed by atoms with E-state index in [2.05, 4.69) is 16.0 Å². The number of aromatic hydroxyl groups is 1. The van der Waals surface area contributed by atoms with E-state index in [9.17, 15) is 34.2 Å². The molecule has 0 saturated carbocycles. The first-order valence-electron chi connectivity index (χ1n) is 14.6. The molecule has 1 aromatic carbocycles. The largest absolute Gasteiger partial charge is 0.508 e. The molecule has 1 saturated heterocycles. The molecule has 0 radical (unpaired) electrons. The van der Waals surface area contributed by atoms with E-state index in [-0.39, 0.29) is 36.5 Å². The van der Waals surface area contributed by atoms with E-state index in [0.29, 0.717) is 24.8 Å². The van der Waals surface area contributed by atoms with Crippen LogP contribution in [0.4, 0.5) is 0 Å². The molecule has 1 aromatic rings.